The van der Waals surface area contributed by atoms with Gasteiger partial charge < -0.3 is 132 Å². The van der Waals surface area contributed by atoms with Crippen molar-refractivity contribution in [1.82, 2.24) is 26.6 Å². The molecule has 31 heteroatoms. The van der Waals surface area contributed by atoms with Crippen LogP contribution in [0.15, 0.2) is 35.1 Å². The molecule has 2 aliphatic heterocycles. The molecule has 2 fully saturated rings. The van der Waals surface area contributed by atoms with Gasteiger partial charge in [-0.3, -0.25) is 24.0 Å². The Hall–Kier alpha value is -4.59. The average Bonchev–Trinajstić information content (AvgIpc) is 1.83. The van der Waals surface area contributed by atoms with Crippen molar-refractivity contribution in [2.24, 2.45) is 0 Å². The molecule has 20 N–H and O–H groups in total. The third kappa shape index (κ3) is 27.2. The fourth-order valence-electron chi connectivity index (χ4n) is 9.74. The SMILES string of the molecule is CCCCCC/C=C\CCCCCCCCCC(=O)N/C(=C(\O)C(O)CCO)C(O)OC(CCO)/C(O)=C(/NC(C)=O)C(O)OC1C(CO)OC(OC(CCO)C(O)C(NC(C)=O)C(O)OC2C(CO)OC(O)C(NC(C)=O)C2O)C(NC(C)=O)C1O. The van der Waals surface area contributed by atoms with Gasteiger partial charge >= 0.3 is 0 Å². The predicted octanol–water partition coefficient (Wildman–Crippen LogP) is -3.16. The molecule has 2 heterocycles. The molecule has 0 aromatic heterocycles. The van der Waals surface area contributed by atoms with Crippen LogP contribution in [-0.2, 0) is 52.4 Å². The molecule has 0 saturated carbocycles. The van der Waals surface area contributed by atoms with E-state index in [4.69, 9.17) is 28.4 Å². The number of aliphatic hydroxyl groups is 15. The van der Waals surface area contributed by atoms with Gasteiger partial charge in [0.1, 0.15) is 96.0 Å². The summed E-state index contributed by atoms with van der Waals surface area (Å²) in [6.07, 6.45) is -14.7. The van der Waals surface area contributed by atoms with Crippen molar-refractivity contribution in [2.45, 2.75) is 254 Å². The molecular weight excluding hydrogens is 1160 g/mol. The van der Waals surface area contributed by atoms with Gasteiger partial charge in [-0.25, -0.2) is 0 Å². The molecule has 5 amide bonds. The maximum absolute atomic E-state index is 13.2. The first kappa shape index (κ1) is 78.5. The maximum Gasteiger partial charge on any atom is 0.224 e. The fourth-order valence-corrected chi connectivity index (χ4v) is 9.74. The summed E-state index contributed by atoms with van der Waals surface area (Å²) < 4.78 is 34.0. The molecule has 0 bridgehead atoms. The van der Waals surface area contributed by atoms with E-state index in [2.05, 4.69) is 45.7 Å². The summed E-state index contributed by atoms with van der Waals surface area (Å²) in [5.74, 6) is -6.48. The second-order valence-corrected chi connectivity index (χ2v) is 21.4. The monoisotopic (exact) mass is 1260 g/mol. The quantitative estimate of drug-likeness (QED) is 0.0124. The highest BCUT2D eigenvalue weighted by atomic mass is 16.7. The van der Waals surface area contributed by atoms with Crippen LogP contribution >= 0.6 is 0 Å². The van der Waals surface area contributed by atoms with Crippen LogP contribution in [0.4, 0.5) is 0 Å². The van der Waals surface area contributed by atoms with Crippen molar-refractivity contribution >= 4 is 29.5 Å². The lowest BCUT2D eigenvalue weighted by Gasteiger charge is -2.46. The molecule has 18 atom stereocenters. The molecule has 504 valence electrons. The summed E-state index contributed by atoms with van der Waals surface area (Å²) in [6.45, 7) is 1.76. The maximum atomic E-state index is 13.2. The molecule has 2 aliphatic rings. The fraction of sp³-hybridized carbons (Fsp3) is 0.804. The van der Waals surface area contributed by atoms with Crippen LogP contribution < -0.4 is 26.6 Å². The average molecular weight is 1260 g/mol. The van der Waals surface area contributed by atoms with E-state index in [0.717, 1.165) is 72.6 Å². The number of carbonyl (C=O) groups excluding carboxylic acids is 5. The minimum atomic E-state index is -2.59. The molecule has 87 heavy (non-hydrogen) atoms. The summed E-state index contributed by atoms with van der Waals surface area (Å²) in [7, 11) is 0. The molecule has 2 saturated heterocycles. The van der Waals surface area contributed by atoms with Gasteiger partial charge in [0.05, 0.1) is 19.3 Å². The summed E-state index contributed by atoms with van der Waals surface area (Å²) in [5, 5.41) is 174. The first-order valence-corrected chi connectivity index (χ1v) is 29.6. The van der Waals surface area contributed by atoms with Crippen molar-refractivity contribution in [3.8, 4) is 0 Å². The molecule has 31 nitrogen and oxygen atoms in total. The molecule has 0 aromatic rings. The van der Waals surface area contributed by atoms with Gasteiger partial charge in [-0.05, 0) is 38.5 Å². The largest absolute Gasteiger partial charge is 0.508 e. The Kier molecular flexibility index (Phi) is 38.3. The van der Waals surface area contributed by atoms with Crippen LogP contribution in [0.1, 0.15) is 144 Å². The van der Waals surface area contributed by atoms with Crippen molar-refractivity contribution in [3.63, 3.8) is 0 Å². The van der Waals surface area contributed by atoms with E-state index in [-0.39, 0.29) is 6.42 Å². The number of allylic oxidation sites excluding steroid dienone is 2. The van der Waals surface area contributed by atoms with Crippen LogP contribution in [0.3, 0.4) is 0 Å². The number of hydrogen-bond acceptors (Lipinski definition) is 26. The van der Waals surface area contributed by atoms with Crippen LogP contribution in [0.5, 0.6) is 0 Å². The summed E-state index contributed by atoms with van der Waals surface area (Å²) in [5.41, 5.74) is -1.81. The number of unbranched alkanes of at least 4 members (excludes halogenated alkanes) is 11. The van der Waals surface area contributed by atoms with E-state index in [1.807, 2.05) is 0 Å². The number of nitrogens with one attached hydrogen (secondary N) is 5. The molecule has 0 aliphatic carbocycles. The smallest absolute Gasteiger partial charge is 0.224 e. The van der Waals surface area contributed by atoms with Crippen LogP contribution in [-0.4, -0.2) is 250 Å². The van der Waals surface area contributed by atoms with E-state index in [9.17, 15) is 101 Å². The van der Waals surface area contributed by atoms with E-state index in [0.29, 0.717) is 12.8 Å². The zero-order valence-corrected chi connectivity index (χ0v) is 50.3. The topological polar surface area (TPSA) is 504 Å². The number of ether oxygens (including phenoxy) is 6. The Morgan fingerprint density at radius 3 is 1.62 bits per heavy atom. The van der Waals surface area contributed by atoms with Crippen LogP contribution in [0.25, 0.3) is 0 Å². The lowest BCUT2D eigenvalue weighted by Crippen LogP contribution is -2.67. The standard InChI is InChI=1S/C56H99N5O26/c1-6-7-8-9-10-11-12-13-14-15-16-17-18-19-20-21-39(72)61-40(45(73)34(71)22-25-62)52(78)82-35(23-26-63)46(74)41(57-30(2)67)54(80)87-51-38(29-66)85-56(44(49(51)77)60-33(5)70)84-36(24-27-64)47(75)42(58-31(3)68)55(81)86-50-37(28-65)83-53(79)43(48(50)76)59-32(4)69/h11-12,34-38,42-44,47-56,62-66,71,73-81H,6-10,13-29H2,1-5H3,(H,57,67)(H,58,68)(H,59,69)(H,60,70)(H,61,72)/b12-11-,45-40-,46-41-. The van der Waals surface area contributed by atoms with Crippen molar-refractivity contribution in [1.29, 1.82) is 0 Å². The lowest BCUT2D eigenvalue weighted by molar-refractivity contribution is -0.315. The zero-order valence-electron chi connectivity index (χ0n) is 50.3. The molecular formula is C56H99N5O26. The van der Waals surface area contributed by atoms with Gasteiger partial charge in [0.15, 0.2) is 25.2 Å². The highest BCUT2D eigenvalue weighted by Crippen LogP contribution is 2.31. The van der Waals surface area contributed by atoms with E-state index in [1.165, 1.54) is 25.7 Å². The lowest BCUT2D eigenvalue weighted by atomic mass is 9.95. The Labute approximate surface area is 506 Å². The van der Waals surface area contributed by atoms with Crippen molar-refractivity contribution in [3.05, 3.63) is 35.1 Å². The summed E-state index contributed by atoms with van der Waals surface area (Å²) in [6, 6.07) is -5.38. The summed E-state index contributed by atoms with van der Waals surface area (Å²) in [4.78, 5) is 62.8. The number of carbonyl (C=O) groups is 5. The Bertz CT molecular complexity index is 2130. The Morgan fingerprint density at radius 2 is 1.08 bits per heavy atom. The van der Waals surface area contributed by atoms with E-state index >= 15 is 0 Å². The number of hydrogen-bond donors (Lipinski definition) is 20. The highest BCUT2D eigenvalue weighted by molar-refractivity contribution is 5.78. The van der Waals surface area contributed by atoms with Crippen molar-refractivity contribution < 1.29 is 129 Å². The number of rotatable bonds is 43. The van der Waals surface area contributed by atoms with Gasteiger partial charge in [-0.15, -0.1) is 0 Å². The molecule has 0 aromatic carbocycles. The molecule has 0 radical (unpaired) electrons. The van der Waals surface area contributed by atoms with E-state index in [1.54, 1.807) is 0 Å². The summed E-state index contributed by atoms with van der Waals surface area (Å²) >= 11 is 0. The van der Waals surface area contributed by atoms with Gasteiger partial charge in [0.25, 0.3) is 0 Å². The van der Waals surface area contributed by atoms with Gasteiger partial charge in [0, 0.05) is 66.8 Å². The van der Waals surface area contributed by atoms with Crippen molar-refractivity contribution in [2.75, 3.05) is 33.0 Å². The molecule has 18 unspecified atom stereocenters. The minimum absolute atomic E-state index is 0.108. The predicted molar refractivity (Wildman–Crippen MR) is 304 cm³/mol. The molecule has 0 spiro atoms. The minimum Gasteiger partial charge on any atom is -0.508 e. The first-order chi connectivity index (χ1) is 41.3. The Morgan fingerprint density at radius 1 is 0.563 bits per heavy atom. The van der Waals surface area contributed by atoms with Crippen LogP contribution in [0.2, 0.25) is 0 Å². The second-order valence-electron chi connectivity index (χ2n) is 21.4. The second kappa shape index (κ2) is 42.4. The van der Waals surface area contributed by atoms with Gasteiger partial charge in [-0.1, -0.05) is 70.4 Å². The molecule has 2 rings (SSSR count). The highest BCUT2D eigenvalue weighted by Gasteiger charge is 2.51. The van der Waals surface area contributed by atoms with E-state index < -0.39 is 215 Å². The third-order valence-corrected chi connectivity index (χ3v) is 14.2. The first-order valence-electron chi connectivity index (χ1n) is 29.6. The zero-order chi connectivity index (χ0) is 65.3. The number of amides is 5. The van der Waals surface area contributed by atoms with Crippen LogP contribution in [0, 0.1) is 0 Å². The normalized spacial score (nSPS) is 25.8. The third-order valence-electron chi connectivity index (χ3n) is 14.2. The number of aliphatic hydroxyl groups excluding tert-OH is 15. The van der Waals surface area contributed by atoms with Gasteiger partial charge in [-0.2, -0.15) is 0 Å². The Balaban J connectivity index is 2.40. The van der Waals surface area contributed by atoms with Gasteiger partial charge in [0.2, 0.25) is 35.8 Å².